The highest BCUT2D eigenvalue weighted by Crippen LogP contribution is 2.40. The lowest BCUT2D eigenvalue weighted by Gasteiger charge is -2.42. The zero-order chi connectivity index (χ0) is 31.3. The molecule has 1 aromatic heterocycles. The maximum atomic E-state index is 14.1. The molecule has 0 radical (unpaired) electrons. The van der Waals surface area contributed by atoms with E-state index in [-0.39, 0.29) is 23.3 Å². The summed E-state index contributed by atoms with van der Waals surface area (Å²) in [6.07, 6.45) is 2.81. The molecule has 44 heavy (non-hydrogen) atoms. The fourth-order valence-corrected chi connectivity index (χ4v) is 7.79. The number of hydrogen-bond donors (Lipinski definition) is 0. The van der Waals surface area contributed by atoms with Gasteiger partial charge in [0, 0.05) is 23.7 Å². The highest BCUT2D eigenvalue weighted by Gasteiger charge is 2.48. The molecule has 2 atom stereocenters. The molecule has 4 aromatic rings. The van der Waals surface area contributed by atoms with Crippen LogP contribution in [0.2, 0.25) is 0 Å². The zero-order valence-electron chi connectivity index (χ0n) is 24.9. The minimum Gasteiger partial charge on any atom is -0.496 e. The van der Waals surface area contributed by atoms with Crippen LogP contribution in [-0.2, 0) is 30.9 Å². The highest BCUT2D eigenvalue weighted by molar-refractivity contribution is 7.90. The van der Waals surface area contributed by atoms with Crippen molar-refractivity contribution in [3.05, 3.63) is 94.7 Å². The number of rotatable bonds is 7. The number of aryl methyl sites for hydroxylation is 2. The second-order valence-corrected chi connectivity index (χ2v) is 13.1. The van der Waals surface area contributed by atoms with Gasteiger partial charge < -0.3 is 19.3 Å². The van der Waals surface area contributed by atoms with Crippen LogP contribution in [0.15, 0.2) is 71.8 Å². The SMILES string of the molecule is COC(=O)c1ccc(C2C(=O)N3CCC[C@H]3C(=O)N2Cc2c(OC)cc(C)c3c2ccn3S(=O)(=O)c2ccc(C)cc2)cc1. The molecule has 228 valence electrons. The molecule has 0 spiro atoms. The average molecular weight is 616 g/mol. The molecular weight excluding hydrogens is 582 g/mol. The van der Waals surface area contributed by atoms with E-state index in [1.54, 1.807) is 70.5 Å². The number of nitrogens with zero attached hydrogens (tertiary/aromatic N) is 3. The molecule has 0 bridgehead atoms. The van der Waals surface area contributed by atoms with Crippen molar-refractivity contribution >= 4 is 38.7 Å². The van der Waals surface area contributed by atoms with Crippen LogP contribution in [0.1, 0.15) is 51.5 Å². The standard InChI is InChI=1S/C33H33N3O7S/c1-20-7-13-24(14-8-20)44(40,41)36-17-15-25-26(28(42-3)18-21(2)29(25)36)19-35-30(22-9-11-23(12-10-22)33(39)43-4)32(38)34-16-5-6-27(34)31(35)37/h7-15,17-18,27,30H,5-6,16,19H2,1-4H3/t27-,30?/m0/s1. The van der Waals surface area contributed by atoms with E-state index in [2.05, 4.69) is 0 Å². The Morgan fingerprint density at radius 2 is 1.66 bits per heavy atom. The van der Waals surface area contributed by atoms with Gasteiger partial charge >= 0.3 is 5.97 Å². The van der Waals surface area contributed by atoms with Crippen LogP contribution >= 0.6 is 0 Å². The first-order valence-electron chi connectivity index (χ1n) is 14.4. The number of fused-ring (bicyclic) bond motifs is 2. The maximum Gasteiger partial charge on any atom is 0.337 e. The normalized spacial score (nSPS) is 18.5. The molecule has 2 saturated heterocycles. The maximum absolute atomic E-state index is 14.1. The van der Waals surface area contributed by atoms with Gasteiger partial charge in [-0.15, -0.1) is 0 Å². The number of amides is 2. The topological polar surface area (TPSA) is 115 Å². The van der Waals surface area contributed by atoms with Crippen LogP contribution in [0.4, 0.5) is 0 Å². The van der Waals surface area contributed by atoms with Gasteiger partial charge in [-0.05, 0) is 74.2 Å². The molecule has 0 N–H and O–H groups in total. The molecule has 1 unspecified atom stereocenters. The second-order valence-electron chi connectivity index (χ2n) is 11.2. The number of ether oxygens (including phenoxy) is 2. The lowest BCUT2D eigenvalue weighted by atomic mass is 9.95. The Bertz CT molecular complexity index is 1900. The van der Waals surface area contributed by atoms with Crippen molar-refractivity contribution in [2.45, 2.75) is 50.2 Å². The van der Waals surface area contributed by atoms with Gasteiger partial charge in [0.25, 0.3) is 15.9 Å². The molecule has 2 amide bonds. The van der Waals surface area contributed by atoms with Crippen LogP contribution < -0.4 is 4.74 Å². The number of aromatic nitrogens is 1. The molecule has 6 rings (SSSR count). The van der Waals surface area contributed by atoms with Crippen molar-refractivity contribution in [3.8, 4) is 5.75 Å². The summed E-state index contributed by atoms with van der Waals surface area (Å²) >= 11 is 0. The Morgan fingerprint density at radius 3 is 2.32 bits per heavy atom. The van der Waals surface area contributed by atoms with E-state index in [1.165, 1.54) is 24.4 Å². The fourth-order valence-electron chi connectivity index (χ4n) is 6.38. The van der Waals surface area contributed by atoms with E-state index in [0.29, 0.717) is 51.9 Å². The third-order valence-corrected chi connectivity index (χ3v) is 10.3. The number of carbonyl (C=O) groups excluding carboxylic acids is 3. The van der Waals surface area contributed by atoms with E-state index < -0.39 is 28.1 Å². The van der Waals surface area contributed by atoms with Gasteiger partial charge in [0.05, 0.1) is 36.7 Å². The number of carbonyl (C=O) groups is 3. The molecular formula is C33H33N3O7S. The summed E-state index contributed by atoms with van der Waals surface area (Å²) in [5.74, 6) is -0.406. The summed E-state index contributed by atoms with van der Waals surface area (Å²) in [6, 6.07) is 15.1. The third-order valence-electron chi connectivity index (χ3n) is 8.62. The third kappa shape index (κ3) is 4.71. The predicted octanol–water partition coefficient (Wildman–Crippen LogP) is 4.36. The van der Waals surface area contributed by atoms with Gasteiger partial charge in [-0.1, -0.05) is 29.8 Å². The van der Waals surface area contributed by atoms with Crippen LogP contribution in [0, 0.1) is 13.8 Å². The van der Waals surface area contributed by atoms with Crippen molar-refractivity contribution in [3.63, 3.8) is 0 Å². The molecule has 2 fully saturated rings. The Hall–Kier alpha value is -4.64. The first-order chi connectivity index (χ1) is 21.1. The van der Waals surface area contributed by atoms with Gasteiger partial charge in [-0.3, -0.25) is 9.59 Å². The van der Waals surface area contributed by atoms with E-state index in [1.807, 2.05) is 13.8 Å². The van der Waals surface area contributed by atoms with E-state index in [9.17, 15) is 22.8 Å². The molecule has 2 aliphatic rings. The number of piperazine rings is 1. The Kier molecular flexibility index (Phi) is 7.44. The first-order valence-corrected chi connectivity index (χ1v) is 15.8. The summed E-state index contributed by atoms with van der Waals surface area (Å²) in [7, 11) is -1.11. The summed E-state index contributed by atoms with van der Waals surface area (Å²) in [5, 5.41) is 0.603. The van der Waals surface area contributed by atoms with Crippen molar-refractivity contribution in [1.82, 2.24) is 13.8 Å². The van der Waals surface area contributed by atoms with Gasteiger partial charge in [-0.25, -0.2) is 17.2 Å². The van der Waals surface area contributed by atoms with Gasteiger partial charge in [0.2, 0.25) is 5.91 Å². The van der Waals surface area contributed by atoms with Gasteiger partial charge in [0.15, 0.2) is 0 Å². The van der Waals surface area contributed by atoms with Crippen molar-refractivity contribution in [2.24, 2.45) is 0 Å². The number of methoxy groups -OCH3 is 2. The van der Waals surface area contributed by atoms with E-state index in [0.717, 1.165) is 12.0 Å². The van der Waals surface area contributed by atoms with Crippen molar-refractivity contribution in [2.75, 3.05) is 20.8 Å². The molecule has 0 saturated carbocycles. The minimum atomic E-state index is -3.93. The first kappa shape index (κ1) is 29.4. The molecule has 11 heteroatoms. The largest absolute Gasteiger partial charge is 0.496 e. The summed E-state index contributed by atoms with van der Waals surface area (Å²) < 4.78 is 39.4. The smallest absolute Gasteiger partial charge is 0.337 e. The number of esters is 1. The average Bonchev–Trinajstić information content (AvgIpc) is 3.70. The monoisotopic (exact) mass is 615 g/mol. The summed E-state index contributed by atoms with van der Waals surface area (Å²) in [6.45, 7) is 4.21. The number of benzene rings is 3. The molecule has 3 aromatic carbocycles. The molecule has 0 aliphatic carbocycles. The lowest BCUT2D eigenvalue weighted by Crippen LogP contribution is -2.58. The van der Waals surface area contributed by atoms with E-state index in [4.69, 9.17) is 9.47 Å². The lowest BCUT2D eigenvalue weighted by molar-refractivity contribution is -0.160. The summed E-state index contributed by atoms with van der Waals surface area (Å²) in [5.41, 5.74) is 3.57. The quantitative estimate of drug-likeness (QED) is 0.284. The zero-order valence-corrected chi connectivity index (χ0v) is 25.8. The number of hydrogen-bond acceptors (Lipinski definition) is 7. The van der Waals surface area contributed by atoms with Crippen molar-refractivity contribution in [1.29, 1.82) is 0 Å². The van der Waals surface area contributed by atoms with Gasteiger partial charge in [-0.2, -0.15) is 0 Å². The molecule has 10 nitrogen and oxygen atoms in total. The Balaban J connectivity index is 1.47. The Morgan fingerprint density at radius 1 is 0.955 bits per heavy atom. The highest BCUT2D eigenvalue weighted by atomic mass is 32.2. The fraction of sp³-hybridized carbons (Fsp3) is 0.303. The summed E-state index contributed by atoms with van der Waals surface area (Å²) in [4.78, 5) is 43.4. The van der Waals surface area contributed by atoms with Crippen LogP contribution in [0.5, 0.6) is 5.75 Å². The van der Waals surface area contributed by atoms with Gasteiger partial charge in [0.1, 0.15) is 17.8 Å². The minimum absolute atomic E-state index is 0.00682. The van der Waals surface area contributed by atoms with Crippen LogP contribution in [-0.4, -0.2) is 66.8 Å². The van der Waals surface area contributed by atoms with E-state index >= 15 is 0 Å². The van der Waals surface area contributed by atoms with Crippen LogP contribution in [0.3, 0.4) is 0 Å². The predicted molar refractivity (Wildman–Crippen MR) is 163 cm³/mol. The van der Waals surface area contributed by atoms with Crippen LogP contribution in [0.25, 0.3) is 10.9 Å². The second kappa shape index (κ2) is 11.1. The molecule has 2 aliphatic heterocycles. The Labute approximate surface area is 255 Å². The van der Waals surface area contributed by atoms with Crippen molar-refractivity contribution < 1.29 is 32.3 Å². The molecule has 3 heterocycles.